The zero-order valence-electron chi connectivity index (χ0n) is 17.3. The van der Waals surface area contributed by atoms with Crippen molar-refractivity contribution in [1.82, 2.24) is 0 Å². The Kier molecular flexibility index (Phi) is 6.45. The summed E-state index contributed by atoms with van der Waals surface area (Å²) in [7, 11) is -3.17. The maximum atomic E-state index is 13.2. The lowest BCUT2D eigenvalue weighted by molar-refractivity contribution is 0.0697. The number of aryl methyl sites for hydroxylation is 1. The van der Waals surface area contributed by atoms with Crippen molar-refractivity contribution < 1.29 is 23.3 Å². The number of nitrogens with zero attached hydrogens (tertiary/aromatic N) is 1. The van der Waals surface area contributed by atoms with E-state index < -0.39 is 27.2 Å². The lowest BCUT2D eigenvalue weighted by Crippen LogP contribution is -2.11. The summed E-state index contributed by atoms with van der Waals surface area (Å²) in [5, 5.41) is 9.51. The summed E-state index contributed by atoms with van der Waals surface area (Å²) in [6, 6.07) is 6.06. The number of carboxylic acid groups (broad SMARTS) is 1. The van der Waals surface area contributed by atoms with Crippen LogP contribution in [0.2, 0.25) is 0 Å². The number of aromatic carboxylic acids is 1. The summed E-state index contributed by atoms with van der Waals surface area (Å²) < 4.78 is 22.5. The average molecular weight is 445 g/mol. The third-order valence-corrected chi connectivity index (χ3v) is 6.71. The molecule has 0 aliphatic heterocycles. The summed E-state index contributed by atoms with van der Waals surface area (Å²) in [5.74, 6) is -1.16. The van der Waals surface area contributed by atoms with Gasteiger partial charge in [0.2, 0.25) is 5.43 Å². The van der Waals surface area contributed by atoms with Crippen molar-refractivity contribution in [3.63, 3.8) is 0 Å². The van der Waals surface area contributed by atoms with E-state index in [0.717, 1.165) is 25.7 Å². The number of carbonyl (C=O) groups excluding carboxylic acids is 1. The summed E-state index contributed by atoms with van der Waals surface area (Å²) in [5.41, 5.74) is 5.93. The van der Waals surface area contributed by atoms with Crippen LogP contribution in [0.25, 0.3) is 21.9 Å². The third-order valence-electron chi connectivity index (χ3n) is 5.07. The number of amides is 2. The molecule has 3 rings (SSSR count). The van der Waals surface area contributed by atoms with Gasteiger partial charge in [-0.2, -0.15) is 0 Å². The quantitative estimate of drug-likeness (QED) is 0.411. The number of rotatable bonds is 7. The van der Waals surface area contributed by atoms with E-state index in [1.165, 1.54) is 30.5 Å². The maximum Gasteiger partial charge on any atom is 0.346 e. The van der Waals surface area contributed by atoms with E-state index in [2.05, 4.69) is 11.3 Å². The molecule has 0 aliphatic rings. The lowest BCUT2D eigenvalue weighted by atomic mass is 10.0. The highest BCUT2D eigenvalue weighted by Gasteiger charge is 2.18. The molecule has 1 atom stereocenters. The van der Waals surface area contributed by atoms with Crippen LogP contribution in [0.4, 0.5) is 4.79 Å². The summed E-state index contributed by atoms with van der Waals surface area (Å²) >= 11 is 0. The molecular weight excluding hydrogens is 420 g/mol. The van der Waals surface area contributed by atoms with E-state index >= 15 is 0 Å². The van der Waals surface area contributed by atoms with Crippen LogP contribution in [0.5, 0.6) is 0 Å². The largest absolute Gasteiger partial charge is 0.478 e. The first-order valence-electron chi connectivity index (χ1n) is 9.92. The Labute approximate surface area is 179 Å². The first-order valence-corrected chi connectivity index (χ1v) is 11.8. The van der Waals surface area contributed by atoms with E-state index in [4.69, 9.17) is 10.2 Å². The van der Waals surface area contributed by atoms with Gasteiger partial charge in [0.25, 0.3) is 0 Å². The van der Waals surface area contributed by atoms with Gasteiger partial charge >= 0.3 is 12.0 Å². The predicted molar refractivity (Wildman–Crippen MR) is 119 cm³/mol. The van der Waals surface area contributed by atoms with Crippen LogP contribution >= 0.6 is 0 Å². The van der Waals surface area contributed by atoms with Gasteiger partial charge < -0.3 is 15.3 Å². The zero-order chi connectivity index (χ0) is 22.8. The maximum absolute atomic E-state index is 13.2. The Bertz CT molecular complexity index is 1370. The second-order valence-corrected chi connectivity index (χ2v) is 9.71. The fourth-order valence-electron chi connectivity index (χ4n) is 3.50. The highest BCUT2D eigenvalue weighted by atomic mass is 32.2. The monoisotopic (exact) mass is 444 g/mol. The molecule has 3 aromatic rings. The Balaban J connectivity index is 2.32. The summed E-state index contributed by atoms with van der Waals surface area (Å²) in [6.07, 6.45) is 5.80. The molecule has 0 aliphatic carbocycles. The minimum absolute atomic E-state index is 0.0434. The lowest BCUT2D eigenvalue weighted by Gasteiger charge is -2.11. The molecule has 9 heteroatoms. The number of hydrogen-bond acceptors (Lipinski definition) is 5. The molecule has 1 unspecified atom stereocenters. The van der Waals surface area contributed by atoms with Crippen LogP contribution in [0.1, 0.15) is 48.5 Å². The fraction of sp³-hybridized carbons (Fsp3) is 0.318. The topological polar surface area (TPSA) is 140 Å². The fourth-order valence-corrected chi connectivity index (χ4v) is 4.65. The molecule has 31 heavy (non-hydrogen) atoms. The normalized spacial score (nSPS) is 13.2. The molecule has 2 aromatic carbocycles. The summed E-state index contributed by atoms with van der Waals surface area (Å²) in [4.78, 5) is 36.0. The van der Waals surface area contributed by atoms with Crippen LogP contribution in [-0.2, 0) is 16.1 Å². The van der Waals surface area contributed by atoms with E-state index in [1.807, 2.05) is 0 Å². The number of hydrogen-bond donors (Lipinski definition) is 2. The van der Waals surface area contributed by atoms with Gasteiger partial charge in [-0.3, -0.25) is 4.79 Å². The van der Waals surface area contributed by atoms with Crippen molar-refractivity contribution in [2.45, 2.75) is 43.9 Å². The number of primary amides is 1. The van der Waals surface area contributed by atoms with Gasteiger partial charge in [-0.05, 0) is 48.7 Å². The first kappa shape index (κ1) is 22.5. The molecule has 0 bridgehead atoms. The van der Waals surface area contributed by atoms with Crippen molar-refractivity contribution in [2.75, 3.05) is 6.26 Å². The second kappa shape index (κ2) is 8.89. The summed E-state index contributed by atoms with van der Waals surface area (Å²) in [6.45, 7) is 2.10. The number of benzene rings is 2. The van der Waals surface area contributed by atoms with Crippen molar-refractivity contribution in [3.05, 3.63) is 51.7 Å². The van der Waals surface area contributed by atoms with Gasteiger partial charge in [0.15, 0.2) is 0 Å². The molecule has 8 nitrogen and oxygen atoms in total. The smallest absolute Gasteiger partial charge is 0.346 e. The van der Waals surface area contributed by atoms with E-state index in [0.29, 0.717) is 17.6 Å². The minimum Gasteiger partial charge on any atom is -0.478 e. The molecule has 0 spiro atoms. The van der Waals surface area contributed by atoms with E-state index in [9.17, 15) is 23.7 Å². The Morgan fingerprint density at radius 2 is 1.87 bits per heavy atom. The van der Waals surface area contributed by atoms with Crippen molar-refractivity contribution >= 4 is 43.7 Å². The van der Waals surface area contributed by atoms with E-state index in [-0.39, 0.29) is 26.8 Å². The van der Waals surface area contributed by atoms with Gasteiger partial charge in [0, 0.05) is 11.2 Å². The third kappa shape index (κ3) is 4.77. The molecule has 3 N–H and O–H groups in total. The van der Waals surface area contributed by atoms with Gasteiger partial charge in [-0.15, -0.1) is 4.36 Å². The molecule has 0 saturated heterocycles. The molecular formula is C22H24N2O6S. The van der Waals surface area contributed by atoms with Gasteiger partial charge in [0.1, 0.15) is 11.2 Å². The van der Waals surface area contributed by atoms with Crippen LogP contribution in [0.3, 0.4) is 0 Å². The second-order valence-electron chi connectivity index (χ2n) is 7.45. The standard InChI is InChI=1S/C22H24N2O6S/c1-3-4-5-6-7-13-10-15(31(2,29)24-22(23)28)12-17-19(25)16-11-14(21(26)27)8-9-18(16)30-20(13)17/h8-12H,3-7H2,1-2H3,(H2,23,28)(H,26,27). The molecule has 1 heterocycles. The highest BCUT2D eigenvalue weighted by molar-refractivity contribution is 7.93. The number of carbonyl (C=O) groups is 2. The van der Waals surface area contributed by atoms with Crippen LogP contribution in [0, 0.1) is 0 Å². The number of carboxylic acids is 1. The number of unbranched alkanes of at least 4 members (excludes halogenated alkanes) is 3. The van der Waals surface area contributed by atoms with Gasteiger partial charge in [-0.25, -0.2) is 13.8 Å². The number of nitrogens with two attached hydrogens (primary N) is 1. The van der Waals surface area contributed by atoms with Crippen LogP contribution in [0.15, 0.2) is 48.8 Å². The minimum atomic E-state index is -3.17. The van der Waals surface area contributed by atoms with Crippen LogP contribution < -0.4 is 11.2 Å². The van der Waals surface area contributed by atoms with Gasteiger partial charge in [-0.1, -0.05) is 26.2 Å². The Hall–Kier alpha value is -3.20. The SMILES string of the molecule is CCCCCCc1cc(S(C)(=O)=NC(N)=O)cc2c(=O)c3cc(C(=O)O)ccc3oc12. The van der Waals surface area contributed by atoms with Gasteiger partial charge in [0.05, 0.1) is 26.1 Å². The number of fused-ring (bicyclic) bond motifs is 2. The van der Waals surface area contributed by atoms with Crippen molar-refractivity contribution in [1.29, 1.82) is 0 Å². The first-order chi connectivity index (χ1) is 14.6. The number of urea groups is 1. The molecule has 2 amide bonds. The molecule has 0 radical (unpaired) electrons. The molecule has 164 valence electrons. The molecule has 0 saturated carbocycles. The zero-order valence-corrected chi connectivity index (χ0v) is 18.2. The predicted octanol–water partition coefficient (Wildman–Crippen LogP) is 4.30. The van der Waals surface area contributed by atoms with Crippen molar-refractivity contribution in [3.8, 4) is 0 Å². The Morgan fingerprint density at radius 1 is 1.13 bits per heavy atom. The highest BCUT2D eigenvalue weighted by Crippen LogP contribution is 2.28. The average Bonchev–Trinajstić information content (AvgIpc) is 2.70. The molecule has 0 fully saturated rings. The Morgan fingerprint density at radius 3 is 2.52 bits per heavy atom. The van der Waals surface area contributed by atoms with E-state index in [1.54, 1.807) is 6.07 Å². The van der Waals surface area contributed by atoms with Crippen molar-refractivity contribution in [2.24, 2.45) is 10.1 Å². The molecule has 1 aromatic heterocycles. The van der Waals surface area contributed by atoms with Crippen LogP contribution in [-0.4, -0.2) is 27.6 Å².